The molecule has 30 heavy (non-hydrogen) atoms. The summed E-state index contributed by atoms with van der Waals surface area (Å²) in [5.41, 5.74) is 2.32. The van der Waals surface area contributed by atoms with Gasteiger partial charge in [0.05, 0.1) is 0 Å². The van der Waals surface area contributed by atoms with Crippen LogP contribution in [0.3, 0.4) is 0 Å². The van der Waals surface area contributed by atoms with Gasteiger partial charge in [0.25, 0.3) is 11.8 Å². The van der Waals surface area contributed by atoms with Crippen molar-refractivity contribution in [2.45, 2.75) is 13.2 Å². The highest BCUT2D eigenvalue weighted by Crippen LogP contribution is 2.21. The molecule has 0 bridgehead atoms. The number of amides is 1. The lowest BCUT2D eigenvalue weighted by molar-refractivity contribution is 0.0950. The molecule has 1 heterocycles. The summed E-state index contributed by atoms with van der Waals surface area (Å²) in [6, 6.07) is 23.8. The van der Waals surface area contributed by atoms with Gasteiger partial charge in [-0.2, -0.15) is 0 Å². The van der Waals surface area contributed by atoms with Crippen molar-refractivity contribution in [3.63, 3.8) is 0 Å². The van der Waals surface area contributed by atoms with E-state index in [9.17, 15) is 4.79 Å². The molecule has 7 heteroatoms. The van der Waals surface area contributed by atoms with E-state index in [0.717, 1.165) is 11.1 Å². The SMILES string of the molecule is O=C(NCc1ccccc1)c1cccc(OCc2nnc(-c3ccc(Cl)cc3)o2)c1. The van der Waals surface area contributed by atoms with Crippen LogP contribution in [0.2, 0.25) is 5.02 Å². The number of carbonyl (C=O) groups is 1. The molecule has 0 aliphatic heterocycles. The first kappa shape index (κ1) is 19.7. The average molecular weight is 420 g/mol. The van der Waals surface area contributed by atoms with E-state index in [2.05, 4.69) is 15.5 Å². The second-order valence-corrected chi connectivity index (χ2v) is 6.93. The van der Waals surface area contributed by atoms with Gasteiger partial charge >= 0.3 is 0 Å². The van der Waals surface area contributed by atoms with Crippen molar-refractivity contribution in [1.29, 1.82) is 0 Å². The second kappa shape index (κ2) is 9.24. The molecule has 1 N–H and O–H groups in total. The third kappa shape index (κ3) is 5.04. The number of nitrogens with zero attached hydrogens (tertiary/aromatic N) is 2. The van der Waals surface area contributed by atoms with E-state index < -0.39 is 0 Å². The molecular weight excluding hydrogens is 402 g/mol. The molecule has 3 aromatic carbocycles. The maximum absolute atomic E-state index is 12.4. The van der Waals surface area contributed by atoms with E-state index in [1.807, 2.05) is 30.3 Å². The molecule has 1 amide bonds. The van der Waals surface area contributed by atoms with Crippen LogP contribution >= 0.6 is 11.6 Å². The van der Waals surface area contributed by atoms with Crippen molar-refractivity contribution in [2.24, 2.45) is 0 Å². The highest BCUT2D eigenvalue weighted by molar-refractivity contribution is 6.30. The fourth-order valence-corrected chi connectivity index (χ4v) is 2.90. The zero-order valence-corrected chi connectivity index (χ0v) is 16.7. The Hall–Kier alpha value is -3.64. The monoisotopic (exact) mass is 419 g/mol. The number of rotatable bonds is 7. The topological polar surface area (TPSA) is 77.2 Å². The maximum Gasteiger partial charge on any atom is 0.254 e. The number of ether oxygens (including phenoxy) is 1. The zero-order valence-electron chi connectivity index (χ0n) is 15.9. The third-order valence-corrected chi connectivity index (χ3v) is 4.56. The van der Waals surface area contributed by atoms with Crippen LogP contribution in [0.25, 0.3) is 11.5 Å². The molecule has 1 aromatic heterocycles. The Balaban J connectivity index is 1.35. The molecule has 0 aliphatic rings. The fraction of sp³-hybridized carbons (Fsp3) is 0.0870. The minimum atomic E-state index is -0.174. The normalized spacial score (nSPS) is 10.6. The van der Waals surface area contributed by atoms with Gasteiger partial charge in [-0.15, -0.1) is 10.2 Å². The Kier molecular flexibility index (Phi) is 6.06. The van der Waals surface area contributed by atoms with Crippen molar-refractivity contribution in [1.82, 2.24) is 15.5 Å². The number of halogens is 1. The molecular formula is C23H18ClN3O3. The Labute approximate surface area is 178 Å². The Morgan fingerprint density at radius 3 is 2.57 bits per heavy atom. The largest absolute Gasteiger partial charge is 0.484 e. The van der Waals surface area contributed by atoms with Crippen LogP contribution in [0.4, 0.5) is 0 Å². The minimum absolute atomic E-state index is 0.0929. The second-order valence-electron chi connectivity index (χ2n) is 6.49. The van der Waals surface area contributed by atoms with Crippen molar-refractivity contribution >= 4 is 17.5 Å². The van der Waals surface area contributed by atoms with Crippen LogP contribution in [-0.2, 0) is 13.2 Å². The van der Waals surface area contributed by atoms with Gasteiger partial charge in [-0.1, -0.05) is 48.0 Å². The van der Waals surface area contributed by atoms with Crippen LogP contribution in [0.15, 0.2) is 83.3 Å². The van der Waals surface area contributed by atoms with E-state index >= 15 is 0 Å². The third-order valence-electron chi connectivity index (χ3n) is 4.31. The molecule has 6 nitrogen and oxygen atoms in total. The molecule has 0 unspecified atom stereocenters. The molecule has 0 aliphatic carbocycles. The van der Waals surface area contributed by atoms with Crippen molar-refractivity contribution in [2.75, 3.05) is 0 Å². The predicted molar refractivity (Wildman–Crippen MR) is 113 cm³/mol. The van der Waals surface area contributed by atoms with E-state index in [1.54, 1.807) is 48.5 Å². The molecule has 0 radical (unpaired) electrons. The first-order valence-electron chi connectivity index (χ1n) is 9.31. The van der Waals surface area contributed by atoms with E-state index in [-0.39, 0.29) is 12.5 Å². The van der Waals surface area contributed by atoms with Crippen molar-refractivity contribution in [3.8, 4) is 17.2 Å². The number of nitrogens with one attached hydrogen (secondary N) is 1. The summed E-state index contributed by atoms with van der Waals surface area (Å²) < 4.78 is 11.3. The number of carbonyl (C=O) groups excluding carboxylic acids is 1. The molecule has 0 fully saturated rings. The van der Waals surface area contributed by atoms with Crippen LogP contribution in [0.1, 0.15) is 21.8 Å². The quantitative estimate of drug-likeness (QED) is 0.461. The fourth-order valence-electron chi connectivity index (χ4n) is 2.77. The van der Waals surface area contributed by atoms with Crippen molar-refractivity contribution < 1.29 is 13.9 Å². The Bertz CT molecular complexity index is 1130. The number of aromatic nitrogens is 2. The summed E-state index contributed by atoms with van der Waals surface area (Å²) in [5.74, 6) is 1.08. The lowest BCUT2D eigenvalue weighted by Gasteiger charge is -2.08. The zero-order chi connectivity index (χ0) is 20.8. The smallest absolute Gasteiger partial charge is 0.254 e. The van der Waals surface area contributed by atoms with Gasteiger partial charge in [0.15, 0.2) is 6.61 Å². The van der Waals surface area contributed by atoms with Gasteiger partial charge in [-0.3, -0.25) is 4.79 Å². The van der Waals surface area contributed by atoms with Gasteiger partial charge in [0.2, 0.25) is 5.89 Å². The van der Waals surface area contributed by atoms with Gasteiger partial charge < -0.3 is 14.5 Å². The van der Waals surface area contributed by atoms with Gasteiger partial charge in [0, 0.05) is 22.7 Å². The van der Waals surface area contributed by atoms with Gasteiger partial charge in [0.1, 0.15) is 5.75 Å². The summed E-state index contributed by atoms with van der Waals surface area (Å²) in [4.78, 5) is 12.4. The molecule has 0 atom stereocenters. The van der Waals surface area contributed by atoms with E-state index in [4.69, 9.17) is 20.8 Å². The maximum atomic E-state index is 12.4. The lowest BCUT2D eigenvalue weighted by Crippen LogP contribution is -2.22. The van der Waals surface area contributed by atoms with Crippen molar-refractivity contribution in [3.05, 3.63) is 101 Å². The standard InChI is InChI=1S/C23H18ClN3O3/c24-19-11-9-17(10-12-19)23-27-26-21(30-23)15-29-20-8-4-7-18(13-20)22(28)25-14-16-5-2-1-3-6-16/h1-13H,14-15H2,(H,25,28). The molecule has 150 valence electrons. The number of hydrogen-bond acceptors (Lipinski definition) is 5. The average Bonchev–Trinajstić information content (AvgIpc) is 3.26. The minimum Gasteiger partial charge on any atom is -0.484 e. The molecule has 0 saturated carbocycles. The predicted octanol–water partition coefficient (Wildman–Crippen LogP) is 4.90. The summed E-state index contributed by atoms with van der Waals surface area (Å²) in [5, 5.41) is 11.6. The number of hydrogen-bond donors (Lipinski definition) is 1. The molecule has 0 saturated heterocycles. The first-order valence-corrected chi connectivity index (χ1v) is 9.68. The van der Waals surface area contributed by atoms with Gasteiger partial charge in [-0.05, 0) is 48.0 Å². The number of benzene rings is 3. The molecule has 4 rings (SSSR count). The molecule has 4 aromatic rings. The van der Waals surface area contributed by atoms with Crippen LogP contribution in [0.5, 0.6) is 5.75 Å². The summed E-state index contributed by atoms with van der Waals surface area (Å²) >= 11 is 5.89. The van der Waals surface area contributed by atoms with Crippen LogP contribution in [-0.4, -0.2) is 16.1 Å². The van der Waals surface area contributed by atoms with E-state index in [0.29, 0.717) is 34.7 Å². The van der Waals surface area contributed by atoms with Gasteiger partial charge in [-0.25, -0.2) is 0 Å². The highest BCUT2D eigenvalue weighted by atomic mass is 35.5. The Morgan fingerprint density at radius 2 is 1.77 bits per heavy atom. The first-order chi connectivity index (χ1) is 14.7. The highest BCUT2D eigenvalue weighted by Gasteiger charge is 2.11. The summed E-state index contributed by atoms with van der Waals surface area (Å²) in [6.45, 7) is 0.551. The Morgan fingerprint density at radius 1 is 0.967 bits per heavy atom. The lowest BCUT2D eigenvalue weighted by atomic mass is 10.2. The van der Waals surface area contributed by atoms with Crippen LogP contribution < -0.4 is 10.1 Å². The van der Waals surface area contributed by atoms with E-state index in [1.165, 1.54) is 0 Å². The summed E-state index contributed by atoms with van der Waals surface area (Å²) in [6.07, 6.45) is 0. The van der Waals surface area contributed by atoms with Crippen LogP contribution in [0, 0.1) is 0 Å². The summed E-state index contributed by atoms with van der Waals surface area (Å²) in [7, 11) is 0. The molecule has 0 spiro atoms.